The zero-order valence-electron chi connectivity index (χ0n) is 15.8. The lowest BCUT2D eigenvalue weighted by atomic mass is 9.96. The molecule has 5 nitrogen and oxygen atoms in total. The van der Waals surface area contributed by atoms with Crippen LogP contribution in [0.15, 0.2) is 60.8 Å². The Morgan fingerprint density at radius 3 is 2.50 bits per heavy atom. The van der Waals surface area contributed by atoms with Gasteiger partial charge in [0.25, 0.3) is 5.91 Å². The average Bonchev–Trinajstić information content (AvgIpc) is 3.15. The van der Waals surface area contributed by atoms with Crippen LogP contribution in [0.25, 0.3) is 10.9 Å². The Hall–Kier alpha value is -3.21. The summed E-state index contributed by atoms with van der Waals surface area (Å²) < 4.78 is 2.27. The summed E-state index contributed by atoms with van der Waals surface area (Å²) in [5.74, 6) is 0.682. The molecule has 0 spiro atoms. The highest BCUT2D eigenvalue weighted by atomic mass is 16.2. The minimum Gasteiger partial charge on any atom is -0.347 e. The van der Waals surface area contributed by atoms with Crippen LogP contribution in [0.1, 0.15) is 28.8 Å². The fraction of sp³-hybridized carbons (Fsp3) is 0.261. The number of nitrogens with one attached hydrogen (secondary N) is 2. The Balaban J connectivity index is 1.40. The lowest BCUT2D eigenvalue weighted by Crippen LogP contribution is -2.39. The third kappa shape index (κ3) is 3.60. The van der Waals surface area contributed by atoms with Gasteiger partial charge < -0.3 is 14.9 Å². The molecular formula is C23H24N4O. The van der Waals surface area contributed by atoms with E-state index in [1.165, 1.54) is 0 Å². The molecule has 2 N–H and O–H groups in total. The molecule has 3 aromatic rings. The van der Waals surface area contributed by atoms with Crippen molar-refractivity contribution in [3.8, 4) is 0 Å². The molecule has 1 aliphatic heterocycles. The van der Waals surface area contributed by atoms with Crippen molar-refractivity contribution in [3.63, 3.8) is 0 Å². The van der Waals surface area contributed by atoms with Crippen molar-refractivity contribution in [3.05, 3.63) is 71.9 Å². The number of carbonyl (C=O) groups excluding carboxylic acids is 1. The van der Waals surface area contributed by atoms with Crippen LogP contribution in [0.5, 0.6) is 0 Å². The quantitative estimate of drug-likeness (QED) is 0.647. The van der Waals surface area contributed by atoms with E-state index < -0.39 is 0 Å². The van der Waals surface area contributed by atoms with Crippen molar-refractivity contribution >= 4 is 28.7 Å². The van der Waals surface area contributed by atoms with Gasteiger partial charge in [-0.1, -0.05) is 24.3 Å². The third-order valence-corrected chi connectivity index (χ3v) is 5.60. The molecule has 5 heteroatoms. The molecule has 1 amide bonds. The van der Waals surface area contributed by atoms with Crippen molar-refractivity contribution in [2.45, 2.75) is 19.4 Å². The lowest BCUT2D eigenvalue weighted by molar-refractivity contribution is 0.0683. The summed E-state index contributed by atoms with van der Waals surface area (Å²) in [5, 5.41) is 16.1. The maximum atomic E-state index is 12.6. The molecular weight excluding hydrogens is 348 g/mol. The molecule has 0 aliphatic carbocycles. The molecule has 1 fully saturated rings. The van der Waals surface area contributed by atoms with Gasteiger partial charge in [0.2, 0.25) is 0 Å². The van der Waals surface area contributed by atoms with Gasteiger partial charge in [0.15, 0.2) is 0 Å². The van der Waals surface area contributed by atoms with Gasteiger partial charge in [0.1, 0.15) is 0 Å². The Morgan fingerprint density at radius 2 is 1.79 bits per heavy atom. The van der Waals surface area contributed by atoms with Crippen molar-refractivity contribution in [2.24, 2.45) is 5.92 Å². The SMILES string of the molecule is N=CC(=N)c1ccc2c(ccn2CC2CCN(C(=O)c3ccccc3)CC2)c1. The second kappa shape index (κ2) is 7.80. The van der Waals surface area contributed by atoms with Crippen LogP contribution in [0.2, 0.25) is 0 Å². The molecule has 0 unspecified atom stereocenters. The summed E-state index contributed by atoms with van der Waals surface area (Å²) in [6, 6.07) is 17.5. The van der Waals surface area contributed by atoms with Gasteiger partial charge in [-0.25, -0.2) is 0 Å². The average molecular weight is 372 g/mol. The van der Waals surface area contributed by atoms with E-state index in [9.17, 15) is 4.79 Å². The number of benzene rings is 2. The van der Waals surface area contributed by atoms with Crippen LogP contribution in [-0.4, -0.2) is 40.4 Å². The number of hydrogen-bond acceptors (Lipinski definition) is 3. The van der Waals surface area contributed by atoms with Crippen molar-refractivity contribution in [2.75, 3.05) is 13.1 Å². The molecule has 1 saturated heterocycles. The van der Waals surface area contributed by atoms with E-state index in [4.69, 9.17) is 10.8 Å². The number of nitrogens with zero attached hydrogens (tertiary/aromatic N) is 2. The topological polar surface area (TPSA) is 72.9 Å². The fourth-order valence-corrected chi connectivity index (χ4v) is 3.97. The first kappa shape index (κ1) is 18.2. The zero-order chi connectivity index (χ0) is 19.5. The van der Waals surface area contributed by atoms with Gasteiger partial charge in [-0.2, -0.15) is 0 Å². The van der Waals surface area contributed by atoms with Gasteiger partial charge in [-0.05, 0) is 49.1 Å². The molecule has 1 aliphatic rings. The monoisotopic (exact) mass is 372 g/mol. The predicted octanol–water partition coefficient (Wildman–Crippen LogP) is 4.21. The van der Waals surface area contributed by atoms with Gasteiger partial charge in [-0.3, -0.25) is 10.2 Å². The first-order valence-electron chi connectivity index (χ1n) is 9.68. The summed E-state index contributed by atoms with van der Waals surface area (Å²) in [7, 11) is 0. The molecule has 0 saturated carbocycles. The minimum absolute atomic E-state index is 0.131. The van der Waals surface area contributed by atoms with E-state index >= 15 is 0 Å². The summed E-state index contributed by atoms with van der Waals surface area (Å²) in [4.78, 5) is 14.6. The molecule has 2 heterocycles. The van der Waals surface area contributed by atoms with E-state index in [2.05, 4.69) is 16.8 Å². The molecule has 2 aromatic carbocycles. The minimum atomic E-state index is 0.131. The van der Waals surface area contributed by atoms with E-state index in [0.717, 1.165) is 60.7 Å². The van der Waals surface area contributed by atoms with Crippen LogP contribution < -0.4 is 0 Å². The largest absolute Gasteiger partial charge is 0.347 e. The van der Waals surface area contributed by atoms with Gasteiger partial charge >= 0.3 is 0 Å². The van der Waals surface area contributed by atoms with E-state index in [-0.39, 0.29) is 11.6 Å². The summed E-state index contributed by atoms with van der Waals surface area (Å²) in [6.45, 7) is 2.55. The number of likely N-dealkylation sites (tertiary alicyclic amines) is 1. The normalized spacial score (nSPS) is 14.9. The van der Waals surface area contributed by atoms with E-state index in [0.29, 0.717) is 5.92 Å². The second-order valence-electron chi connectivity index (χ2n) is 7.40. The van der Waals surface area contributed by atoms with Crippen LogP contribution >= 0.6 is 0 Å². The van der Waals surface area contributed by atoms with Crippen molar-refractivity contribution < 1.29 is 4.79 Å². The Labute approximate surface area is 164 Å². The Morgan fingerprint density at radius 1 is 1.04 bits per heavy atom. The highest BCUT2D eigenvalue weighted by molar-refractivity contribution is 6.36. The number of piperidine rings is 1. The molecule has 0 radical (unpaired) electrons. The van der Waals surface area contributed by atoms with E-state index in [1.54, 1.807) is 0 Å². The number of fused-ring (bicyclic) bond motifs is 1. The van der Waals surface area contributed by atoms with Gasteiger partial charge in [0, 0.05) is 54.1 Å². The first-order chi connectivity index (χ1) is 13.7. The fourth-order valence-electron chi connectivity index (χ4n) is 3.97. The molecule has 4 rings (SSSR count). The number of aromatic nitrogens is 1. The lowest BCUT2D eigenvalue weighted by Gasteiger charge is -2.32. The summed E-state index contributed by atoms with van der Waals surface area (Å²) >= 11 is 0. The van der Waals surface area contributed by atoms with Crippen LogP contribution in [0.3, 0.4) is 0 Å². The summed E-state index contributed by atoms with van der Waals surface area (Å²) in [5.41, 5.74) is 2.92. The first-order valence-corrected chi connectivity index (χ1v) is 9.68. The van der Waals surface area contributed by atoms with Gasteiger partial charge in [0.05, 0.1) is 5.71 Å². The third-order valence-electron chi connectivity index (χ3n) is 5.60. The van der Waals surface area contributed by atoms with Crippen LogP contribution in [0.4, 0.5) is 0 Å². The second-order valence-corrected chi connectivity index (χ2v) is 7.40. The predicted molar refractivity (Wildman–Crippen MR) is 113 cm³/mol. The Bertz CT molecular complexity index is 1010. The highest BCUT2D eigenvalue weighted by Gasteiger charge is 2.24. The smallest absolute Gasteiger partial charge is 0.253 e. The zero-order valence-corrected chi connectivity index (χ0v) is 15.8. The van der Waals surface area contributed by atoms with Crippen molar-refractivity contribution in [1.82, 2.24) is 9.47 Å². The number of amides is 1. The Kier molecular flexibility index (Phi) is 5.06. The number of hydrogen-bond donors (Lipinski definition) is 2. The number of carbonyl (C=O) groups is 1. The molecule has 0 atom stereocenters. The molecule has 1 aromatic heterocycles. The number of rotatable bonds is 5. The maximum absolute atomic E-state index is 12.6. The standard InChI is InChI=1S/C23H24N4O/c24-15-21(25)19-6-7-22-20(14-19)10-13-27(22)16-17-8-11-26(12-9-17)23(28)18-4-2-1-3-5-18/h1-7,10,13-15,17,24-25H,8-9,11-12,16H2. The molecule has 28 heavy (non-hydrogen) atoms. The van der Waals surface area contributed by atoms with Crippen LogP contribution in [-0.2, 0) is 6.54 Å². The molecule has 142 valence electrons. The van der Waals surface area contributed by atoms with Crippen LogP contribution in [0, 0.1) is 16.7 Å². The van der Waals surface area contributed by atoms with E-state index in [1.807, 2.05) is 53.4 Å². The van der Waals surface area contributed by atoms with Crippen molar-refractivity contribution in [1.29, 1.82) is 10.8 Å². The molecule has 0 bridgehead atoms. The van der Waals surface area contributed by atoms with Gasteiger partial charge in [-0.15, -0.1) is 0 Å². The summed E-state index contributed by atoms with van der Waals surface area (Å²) in [6.07, 6.45) is 5.19. The highest BCUT2D eigenvalue weighted by Crippen LogP contribution is 2.24. The maximum Gasteiger partial charge on any atom is 0.253 e.